The van der Waals surface area contributed by atoms with Crippen molar-refractivity contribution in [2.45, 2.75) is 16.9 Å². The summed E-state index contributed by atoms with van der Waals surface area (Å²) in [6.07, 6.45) is 1.55. The first-order valence-electron chi connectivity index (χ1n) is 3.42. The van der Waals surface area contributed by atoms with Crippen LogP contribution in [0.4, 0.5) is 0 Å². The lowest BCUT2D eigenvalue weighted by Crippen LogP contribution is -2.00. The molecule has 0 amide bonds. The van der Waals surface area contributed by atoms with Gasteiger partial charge in [-0.1, -0.05) is 5.28 Å². The third kappa shape index (κ3) is 6.96. The zero-order chi connectivity index (χ0) is 6.57. The van der Waals surface area contributed by atoms with Gasteiger partial charge in [-0.25, -0.2) is 0 Å². The highest BCUT2D eigenvalue weighted by Crippen LogP contribution is 2.25. The second-order valence-electron chi connectivity index (χ2n) is 3.14. The minimum Gasteiger partial charge on any atom is -0.106 e. The average Bonchev–Trinajstić information content (AvgIpc) is 1.61. The smallest absolute Gasteiger partial charge is 0.106 e. The van der Waals surface area contributed by atoms with Crippen molar-refractivity contribution in [2.24, 2.45) is 0 Å². The van der Waals surface area contributed by atoms with Crippen LogP contribution in [0.25, 0.3) is 0 Å². The molecule has 8 heavy (non-hydrogen) atoms. The summed E-state index contributed by atoms with van der Waals surface area (Å²) in [5.41, 5.74) is 0. The second kappa shape index (κ2) is 4.81. The van der Waals surface area contributed by atoms with E-state index in [0.717, 1.165) is 0 Å². The highest BCUT2D eigenvalue weighted by molar-refractivity contribution is 7.56. The summed E-state index contributed by atoms with van der Waals surface area (Å²) >= 11 is -0.201. The molecule has 0 aliphatic rings. The Morgan fingerprint density at radius 2 is 1.75 bits per heavy atom. The highest BCUT2D eigenvalue weighted by Gasteiger charge is 2.05. The van der Waals surface area contributed by atoms with E-state index >= 15 is 0 Å². The van der Waals surface area contributed by atoms with E-state index in [-0.39, 0.29) is 22.1 Å². The van der Waals surface area contributed by atoms with Crippen LogP contribution >= 0.6 is 7.92 Å². The van der Waals surface area contributed by atoms with E-state index in [9.17, 15) is 0 Å². The van der Waals surface area contributed by atoms with Crippen LogP contribution in [0.2, 0.25) is 16.9 Å². The molecule has 0 aromatic heterocycles. The topological polar surface area (TPSA) is 0 Å². The van der Waals surface area contributed by atoms with E-state index in [0.29, 0.717) is 0 Å². The molecule has 0 atom stereocenters. The fourth-order valence-corrected chi connectivity index (χ4v) is 5.20. The molecule has 0 N–H and O–H groups in total. The zero-order valence-electron chi connectivity index (χ0n) is 6.49. The third-order valence-electron chi connectivity index (χ3n) is 1.22. The number of hydrogen-bond donors (Lipinski definition) is 0. The lowest BCUT2D eigenvalue weighted by Gasteiger charge is -1.96. The van der Waals surface area contributed by atoms with Gasteiger partial charge < -0.3 is 0 Å². The molecule has 0 heterocycles. The largest absolute Gasteiger partial charge is 0.260 e. The molecule has 2 heteroatoms. The molecule has 0 spiro atoms. The first-order valence-corrected chi connectivity index (χ1v) is 9.25. The van der Waals surface area contributed by atoms with Crippen molar-refractivity contribution < 1.29 is 0 Å². The molecule has 0 saturated heterocycles. The van der Waals surface area contributed by atoms with Gasteiger partial charge in [-0.2, -0.15) is 0 Å². The Bertz CT molecular complexity index is 44.5. The summed E-state index contributed by atoms with van der Waals surface area (Å²) in [4.78, 5) is 0. The predicted molar refractivity (Wildman–Crippen MR) is 47.3 cm³/mol. The summed E-state index contributed by atoms with van der Waals surface area (Å²) in [5.74, 6) is 4.87. The van der Waals surface area contributed by atoms with Crippen LogP contribution in [0.1, 0.15) is 0 Å². The molecule has 0 nitrogen and oxygen atoms in total. The Kier molecular flexibility index (Phi) is 5.38. The predicted octanol–water partition coefficient (Wildman–Crippen LogP) is 2.21. The van der Waals surface area contributed by atoms with Gasteiger partial charge in [0.2, 0.25) is 0 Å². The summed E-state index contributed by atoms with van der Waals surface area (Å²) in [6, 6.07) is 0. The maximum atomic E-state index is 2.44. The summed E-state index contributed by atoms with van der Waals surface area (Å²) < 4.78 is 0. The molecule has 0 aliphatic heterocycles. The first-order chi connectivity index (χ1) is 3.63. The van der Waals surface area contributed by atoms with Crippen molar-refractivity contribution >= 4 is 22.1 Å². The lowest BCUT2D eigenvalue weighted by molar-refractivity contribution is 1.42. The minimum atomic E-state index is -0.201. The Hall–Kier alpha value is 0.962. The molecule has 0 rings (SSSR count). The fraction of sp³-hybridized carbons (Fsp3) is 1.00. The average molecular weight is 147 g/mol. The molecule has 0 saturated carbocycles. The van der Waals surface area contributed by atoms with Crippen LogP contribution in [-0.2, 0) is 0 Å². The van der Waals surface area contributed by atoms with Gasteiger partial charge in [0.15, 0.2) is 0 Å². The van der Waals surface area contributed by atoms with Crippen LogP contribution < -0.4 is 0 Å². The van der Waals surface area contributed by atoms with Gasteiger partial charge in [-0.15, -0.1) is 11.6 Å². The van der Waals surface area contributed by atoms with Crippen LogP contribution in [0.15, 0.2) is 0 Å². The first kappa shape index (κ1) is 8.96. The Morgan fingerprint density at radius 1 is 1.25 bits per heavy atom. The van der Waals surface area contributed by atoms with E-state index in [2.05, 4.69) is 24.9 Å². The quantitative estimate of drug-likeness (QED) is 0.424. The Labute approximate surface area is 58.8 Å². The summed E-state index contributed by atoms with van der Waals surface area (Å²) in [6.45, 7) is 4.81. The second-order valence-corrected chi connectivity index (χ2v) is 9.42. The van der Waals surface area contributed by atoms with Crippen LogP contribution in [0.5, 0.6) is 0 Å². The standard InChI is InChI=1S/C4H10P.2CH3.Al/c1-4-5(2)3;;;/h1,4H2,2-3H3;2*1H3;/p+1. The van der Waals surface area contributed by atoms with Gasteiger partial charge in [0.05, 0.1) is 0 Å². The number of rotatable bonds is 3. The van der Waals surface area contributed by atoms with Crippen molar-refractivity contribution in [1.82, 2.24) is 0 Å². The van der Waals surface area contributed by atoms with Crippen LogP contribution in [0, 0.1) is 0 Å². The molecule has 0 aromatic carbocycles. The van der Waals surface area contributed by atoms with Gasteiger partial charge in [-0.3, -0.25) is 0 Å². The highest BCUT2D eigenvalue weighted by atomic mass is 31.1. The van der Waals surface area contributed by atoms with E-state index < -0.39 is 0 Å². The molecular weight excluding hydrogens is 130 g/mol. The molecule has 0 radical (unpaired) electrons. The Balaban J connectivity index is 2.93. The normalized spacial score (nSPS) is 10.1. The van der Waals surface area contributed by atoms with Crippen molar-refractivity contribution in [3.05, 3.63) is 0 Å². The third-order valence-corrected chi connectivity index (χ3v) is 4.53. The van der Waals surface area contributed by atoms with E-state index in [4.69, 9.17) is 0 Å². The molecular formula is C6H17AlP+. The Morgan fingerprint density at radius 3 is 1.88 bits per heavy atom. The van der Waals surface area contributed by atoms with Crippen molar-refractivity contribution in [1.29, 1.82) is 0 Å². The fourth-order valence-electron chi connectivity index (χ4n) is 0.577. The molecule has 0 aromatic rings. The molecule has 48 valence electrons. The molecule has 0 unspecified atom stereocenters. The van der Waals surface area contributed by atoms with Crippen molar-refractivity contribution in [3.63, 3.8) is 0 Å². The van der Waals surface area contributed by atoms with E-state index in [1.165, 1.54) is 0 Å². The van der Waals surface area contributed by atoms with Gasteiger partial charge in [0, 0.05) is 19.5 Å². The van der Waals surface area contributed by atoms with E-state index in [1.807, 2.05) is 0 Å². The number of hydrogen-bond acceptors (Lipinski definition) is 0. The van der Waals surface area contributed by atoms with Crippen LogP contribution in [-0.4, -0.2) is 33.6 Å². The lowest BCUT2D eigenvalue weighted by atomic mass is 10.9. The molecule has 0 fully saturated rings. The summed E-state index contributed by atoms with van der Waals surface area (Å²) in [7, 11) is 0.105. The summed E-state index contributed by atoms with van der Waals surface area (Å²) in [5, 5.41) is 1.57. The SMILES string of the molecule is [CH3][Al]([CH3])[CH2]C[PH+](C)C. The maximum Gasteiger partial charge on any atom is 0.260 e. The molecule has 0 bridgehead atoms. The van der Waals surface area contributed by atoms with Crippen molar-refractivity contribution in [2.75, 3.05) is 19.5 Å². The van der Waals surface area contributed by atoms with Gasteiger partial charge in [0.25, 0.3) is 14.1 Å². The minimum absolute atomic E-state index is 0.105. The van der Waals surface area contributed by atoms with Crippen LogP contribution in [0.3, 0.4) is 0 Å². The van der Waals surface area contributed by atoms with Gasteiger partial charge in [0.1, 0.15) is 0 Å². The van der Waals surface area contributed by atoms with Gasteiger partial charge in [-0.05, 0) is 7.92 Å². The monoisotopic (exact) mass is 147 g/mol. The maximum absolute atomic E-state index is 2.44. The molecule has 0 aliphatic carbocycles. The zero-order valence-corrected chi connectivity index (χ0v) is 8.65. The van der Waals surface area contributed by atoms with Gasteiger partial charge >= 0.3 is 0 Å². The van der Waals surface area contributed by atoms with E-state index in [1.54, 1.807) is 11.4 Å². The van der Waals surface area contributed by atoms with Crippen molar-refractivity contribution in [3.8, 4) is 0 Å².